The van der Waals surface area contributed by atoms with Gasteiger partial charge in [-0.15, -0.1) is 23.2 Å². The molecule has 1 aromatic heterocycles. The van der Waals surface area contributed by atoms with Crippen LogP contribution in [-0.4, -0.2) is 35.5 Å². The lowest BCUT2D eigenvalue weighted by Gasteiger charge is -2.28. The van der Waals surface area contributed by atoms with E-state index in [0.717, 1.165) is 0 Å². The molecule has 2 amide bonds. The van der Waals surface area contributed by atoms with Crippen LogP contribution in [0.1, 0.15) is 37.8 Å². The zero-order valence-corrected chi connectivity index (χ0v) is 17.1. The van der Waals surface area contributed by atoms with E-state index in [-0.39, 0.29) is 30.9 Å². The van der Waals surface area contributed by atoms with Gasteiger partial charge in [-0.25, -0.2) is 9.59 Å². The maximum atomic E-state index is 12.6. The molecule has 10 heteroatoms. The van der Waals surface area contributed by atoms with Gasteiger partial charge in [-0.1, -0.05) is 0 Å². The fourth-order valence-electron chi connectivity index (χ4n) is 2.92. The number of furan rings is 1. The van der Waals surface area contributed by atoms with Gasteiger partial charge >= 0.3 is 18.0 Å². The number of carbonyl (C=O) groups is 3. The number of alkyl halides is 2. The van der Waals surface area contributed by atoms with Crippen molar-refractivity contribution < 1.29 is 28.3 Å². The summed E-state index contributed by atoms with van der Waals surface area (Å²) in [6.45, 7) is 4.77. The molecule has 2 aliphatic rings. The number of amides is 2. The average Bonchev–Trinajstić information content (AvgIpc) is 2.92. The molecule has 3 rings (SSSR count). The first-order valence-corrected chi connectivity index (χ1v) is 9.43. The van der Waals surface area contributed by atoms with Crippen molar-refractivity contribution in [1.82, 2.24) is 10.6 Å². The molecule has 1 aliphatic heterocycles. The Morgan fingerprint density at radius 2 is 2.00 bits per heavy atom. The maximum Gasteiger partial charge on any atom is 0.338 e. The number of nitrogens with one attached hydrogen (secondary N) is 2. The summed E-state index contributed by atoms with van der Waals surface area (Å²) in [6, 6.07) is 1.90. The van der Waals surface area contributed by atoms with Crippen molar-refractivity contribution >= 4 is 41.2 Å². The van der Waals surface area contributed by atoms with Crippen LogP contribution < -0.4 is 10.6 Å². The summed E-state index contributed by atoms with van der Waals surface area (Å²) >= 11 is 12.0. The number of aryl methyl sites for hydroxylation is 1. The number of rotatable bonds is 6. The molecule has 2 heterocycles. The first-order chi connectivity index (χ1) is 13.1. The van der Waals surface area contributed by atoms with E-state index < -0.39 is 33.8 Å². The SMILES string of the molecule is CCOC(=O)C1=C(COC(=O)[C@@]2(C)CC2(Cl)Cl)NC(=O)N[C@H]1c1ccc(C)o1. The molecule has 1 saturated carbocycles. The van der Waals surface area contributed by atoms with Gasteiger partial charge in [0.25, 0.3) is 0 Å². The zero-order chi connectivity index (χ0) is 20.7. The molecular weight excluding hydrogens is 411 g/mol. The molecule has 1 aliphatic carbocycles. The Balaban J connectivity index is 1.89. The molecule has 0 saturated heterocycles. The van der Waals surface area contributed by atoms with Gasteiger partial charge in [0.2, 0.25) is 0 Å². The predicted molar refractivity (Wildman–Crippen MR) is 99.6 cm³/mol. The molecule has 1 aromatic rings. The quantitative estimate of drug-likeness (QED) is 0.530. The second-order valence-electron chi connectivity index (χ2n) is 6.88. The van der Waals surface area contributed by atoms with Gasteiger partial charge in [0.05, 0.1) is 17.9 Å². The van der Waals surface area contributed by atoms with E-state index in [1.54, 1.807) is 32.9 Å². The van der Waals surface area contributed by atoms with E-state index in [9.17, 15) is 14.4 Å². The van der Waals surface area contributed by atoms with Crippen LogP contribution in [0, 0.1) is 12.3 Å². The van der Waals surface area contributed by atoms with Crippen LogP contribution in [0.25, 0.3) is 0 Å². The molecule has 2 atom stereocenters. The van der Waals surface area contributed by atoms with Gasteiger partial charge in [0.1, 0.15) is 33.9 Å². The van der Waals surface area contributed by atoms with Crippen molar-refractivity contribution in [1.29, 1.82) is 0 Å². The van der Waals surface area contributed by atoms with Crippen molar-refractivity contribution in [2.75, 3.05) is 13.2 Å². The van der Waals surface area contributed by atoms with Gasteiger partial charge in [-0.2, -0.15) is 0 Å². The lowest BCUT2D eigenvalue weighted by Crippen LogP contribution is -2.47. The Morgan fingerprint density at radius 3 is 2.54 bits per heavy atom. The summed E-state index contributed by atoms with van der Waals surface area (Å²) in [6.07, 6.45) is 0.258. The van der Waals surface area contributed by atoms with Crippen LogP contribution in [0.2, 0.25) is 0 Å². The summed E-state index contributed by atoms with van der Waals surface area (Å²) in [5, 5.41) is 5.13. The van der Waals surface area contributed by atoms with Crippen LogP contribution >= 0.6 is 23.2 Å². The van der Waals surface area contributed by atoms with Crippen molar-refractivity contribution in [3.05, 3.63) is 34.9 Å². The molecule has 8 nitrogen and oxygen atoms in total. The van der Waals surface area contributed by atoms with Crippen LogP contribution in [0.3, 0.4) is 0 Å². The fourth-order valence-corrected chi connectivity index (χ4v) is 3.61. The second kappa shape index (κ2) is 7.33. The summed E-state index contributed by atoms with van der Waals surface area (Å²) in [5.74, 6) is -0.316. The van der Waals surface area contributed by atoms with Crippen molar-refractivity contribution in [3.8, 4) is 0 Å². The third-order valence-corrected chi connectivity index (χ3v) is 5.85. The zero-order valence-electron chi connectivity index (χ0n) is 15.6. The summed E-state index contributed by atoms with van der Waals surface area (Å²) in [4.78, 5) is 37.0. The highest BCUT2D eigenvalue weighted by Gasteiger charge is 2.69. The molecule has 1 fully saturated rings. The average molecular weight is 431 g/mol. The Hall–Kier alpha value is -2.19. The highest BCUT2D eigenvalue weighted by Crippen LogP contribution is 2.64. The van der Waals surface area contributed by atoms with Crippen molar-refractivity contribution in [2.24, 2.45) is 5.41 Å². The third-order valence-electron chi connectivity index (χ3n) is 4.75. The molecule has 152 valence electrons. The summed E-state index contributed by atoms with van der Waals surface area (Å²) < 4.78 is 14.8. The van der Waals surface area contributed by atoms with Crippen molar-refractivity contribution in [2.45, 2.75) is 37.6 Å². The lowest BCUT2D eigenvalue weighted by molar-refractivity contribution is -0.149. The molecular formula is C18H20Cl2N2O6. The minimum absolute atomic E-state index is 0.0903. The van der Waals surface area contributed by atoms with Gasteiger partial charge in [0, 0.05) is 6.42 Å². The summed E-state index contributed by atoms with van der Waals surface area (Å²) in [7, 11) is 0. The highest BCUT2D eigenvalue weighted by molar-refractivity contribution is 6.53. The minimum Gasteiger partial charge on any atom is -0.464 e. The number of carbonyl (C=O) groups excluding carboxylic acids is 3. The number of hydrogen-bond donors (Lipinski definition) is 2. The Bertz CT molecular complexity index is 862. The van der Waals surface area contributed by atoms with E-state index in [1.165, 1.54) is 0 Å². The monoisotopic (exact) mass is 430 g/mol. The normalized spacial score (nSPS) is 25.6. The molecule has 0 aromatic carbocycles. The Labute approximate surface area is 171 Å². The van der Waals surface area contributed by atoms with Crippen LogP contribution in [0.5, 0.6) is 0 Å². The molecule has 2 N–H and O–H groups in total. The smallest absolute Gasteiger partial charge is 0.338 e. The maximum absolute atomic E-state index is 12.6. The van der Waals surface area contributed by atoms with Gasteiger partial charge in [-0.05, 0) is 32.9 Å². The van der Waals surface area contributed by atoms with Gasteiger partial charge in [0.15, 0.2) is 0 Å². The molecule has 0 spiro atoms. The molecule has 28 heavy (non-hydrogen) atoms. The number of esters is 2. The summed E-state index contributed by atoms with van der Waals surface area (Å²) in [5.41, 5.74) is -0.837. The predicted octanol–water partition coefficient (Wildman–Crippen LogP) is 2.89. The molecule has 0 radical (unpaired) electrons. The number of hydrogen-bond acceptors (Lipinski definition) is 6. The van der Waals surface area contributed by atoms with E-state index in [2.05, 4.69) is 10.6 Å². The van der Waals surface area contributed by atoms with Gasteiger partial charge in [-0.3, -0.25) is 4.79 Å². The van der Waals surface area contributed by atoms with E-state index in [1.807, 2.05) is 0 Å². The Kier molecular flexibility index (Phi) is 5.38. The largest absolute Gasteiger partial charge is 0.464 e. The standard InChI is InChI=1S/C18H20Cl2N2O6/c1-4-26-14(23)12-10(7-27-15(24)17(3)8-18(17,19)20)21-16(25)22-13(12)11-6-5-9(2)28-11/h5-6,13H,4,7-8H2,1-3H3,(H2,21,22,25)/t13-,17+/m0/s1. The first kappa shape index (κ1) is 20.5. The van der Waals surface area contributed by atoms with Gasteiger partial charge < -0.3 is 24.5 Å². The number of urea groups is 1. The third kappa shape index (κ3) is 3.71. The van der Waals surface area contributed by atoms with E-state index in [4.69, 9.17) is 37.1 Å². The fraction of sp³-hybridized carbons (Fsp3) is 0.500. The Morgan fingerprint density at radius 1 is 1.32 bits per heavy atom. The number of ether oxygens (including phenoxy) is 2. The minimum atomic E-state index is -1.19. The topological polar surface area (TPSA) is 107 Å². The highest BCUT2D eigenvalue weighted by atomic mass is 35.5. The van der Waals surface area contributed by atoms with Crippen LogP contribution in [0.15, 0.2) is 27.8 Å². The molecule has 0 bridgehead atoms. The van der Waals surface area contributed by atoms with Crippen molar-refractivity contribution in [3.63, 3.8) is 0 Å². The van der Waals surface area contributed by atoms with Crippen LogP contribution in [0.4, 0.5) is 4.79 Å². The second-order valence-corrected chi connectivity index (χ2v) is 8.37. The van der Waals surface area contributed by atoms with E-state index >= 15 is 0 Å². The molecule has 0 unspecified atom stereocenters. The lowest BCUT2D eigenvalue weighted by atomic mass is 10.0. The van der Waals surface area contributed by atoms with Crippen LogP contribution in [-0.2, 0) is 19.1 Å². The van der Waals surface area contributed by atoms with E-state index in [0.29, 0.717) is 11.5 Å². The number of halogens is 2. The first-order valence-electron chi connectivity index (χ1n) is 8.68.